The second-order valence-electron chi connectivity index (χ2n) is 2.23. The first kappa shape index (κ1) is 9.16. The quantitative estimate of drug-likeness (QED) is 0.741. The largest absolute Gasteiger partial charge is 0.504 e. The van der Waals surface area contributed by atoms with E-state index in [9.17, 15) is 5.11 Å². The molecule has 0 heterocycles. The van der Waals surface area contributed by atoms with Gasteiger partial charge in [-0.25, -0.2) is 0 Å². The van der Waals surface area contributed by atoms with E-state index in [0.29, 0.717) is 10.8 Å². The number of hydrogen-bond acceptors (Lipinski definition) is 3. The lowest BCUT2D eigenvalue weighted by Gasteiger charge is -2.07. The molecule has 0 aliphatic carbocycles. The summed E-state index contributed by atoms with van der Waals surface area (Å²) in [5.74, 6) is 0.205. The van der Waals surface area contributed by atoms with Gasteiger partial charge in [0.1, 0.15) is 0 Å². The summed E-state index contributed by atoms with van der Waals surface area (Å²) >= 11 is 5.68. The fourth-order valence-electron chi connectivity index (χ4n) is 0.905. The summed E-state index contributed by atoms with van der Waals surface area (Å²) in [6, 6.07) is 3.10. The number of hydrogen-bond donors (Lipinski definition) is 2. The Morgan fingerprint density at radius 3 is 2.67 bits per heavy atom. The second kappa shape index (κ2) is 3.65. The summed E-state index contributed by atoms with van der Waals surface area (Å²) in [6.07, 6.45) is 0. The van der Waals surface area contributed by atoms with E-state index >= 15 is 0 Å². The normalized spacial score (nSPS) is 9.92. The molecule has 4 heteroatoms. The van der Waals surface area contributed by atoms with Crippen molar-refractivity contribution in [3.63, 3.8) is 0 Å². The summed E-state index contributed by atoms with van der Waals surface area (Å²) in [7, 11) is 1.43. The number of methoxy groups -OCH3 is 1. The van der Waals surface area contributed by atoms with E-state index in [4.69, 9.17) is 21.4 Å². The number of aliphatic hydroxyl groups excluding tert-OH is 1. The average molecular weight is 189 g/mol. The highest BCUT2D eigenvalue weighted by atomic mass is 35.5. The number of phenols is 1. The number of aromatic hydroxyl groups is 1. The van der Waals surface area contributed by atoms with Crippen LogP contribution in [0.4, 0.5) is 0 Å². The van der Waals surface area contributed by atoms with Gasteiger partial charge >= 0.3 is 0 Å². The molecule has 66 valence electrons. The predicted octanol–water partition coefficient (Wildman–Crippen LogP) is 1.55. The standard InChI is InChI=1S/C8H9ClO3/c1-12-7-3-2-6(9)5(4-10)8(7)11/h2-3,10-11H,4H2,1H3. The van der Waals surface area contributed by atoms with Crippen LogP contribution in [0.15, 0.2) is 12.1 Å². The SMILES string of the molecule is COc1ccc(Cl)c(CO)c1O. The van der Waals surface area contributed by atoms with Crippen LogP contribution in [-0.2, 0) is 6.61 Å². The molecule has 0 unspecified atom stereocenters. The van der Waals surface area contributed by atoms with Crippen molar-refractivity contribution in [1.82, 2.24) is 0 Å². The number of ether oxygens (including phenoxy) is 1. The molecule has 0 aliphatic heterocycles. The molecule has 0 saturated heterocycles. The van der Waals surface area contributed by atoms with Crippen LogP contribution < -0.4 is 4.74 Å². The lowest BCUT2D eigenvalue weighted by Crippen LogP contribution is -1.90. The number of rotatable bonds is 2. The van der Waals surface area contributed by atoms with Crippen molar-refractivity contribution in [3.8, 4) is 11.5 Å². The highest BCUT2D eigenvalue weighted by Crippen LogP contribution is 2.34. The van der Waals surface area contributed by atoms with Crippen LogP contribution in [0.2, 0.25) is 5.02 Å². The number of benzene rings is 1. The molecule has 0 bridgehead atoms. The van der Waals surface area contributed by atoms with Gasteiger partial charge in [0.25, 0.3) is 0 Å². The molecule has 0 atom stereocenters. The molecule has 0 aromatic heterocycles. The van der Waals surface area contributed by atoms with Crippen molar-refractivity contribution in [3.05, 3.63) is 22.7 Å². The maximum Gasteiger partial charge on any atom is 0.164 e. The number of aliphatic hydroxyl groups is 1. The van der Waals surface area contributed by atoms with Crippen molar-refractivity contribution >= 4 is 11.6 Å². The van der Waals surface area contributed by atoms with Gasteiger partial charge in [-0.2, -0.15) is 0 Å². The minimum absolute atomic E-state index is 0.104. The third kappa shape index (κ3) is 1.47. The molecule has 1 aromatic carbocycles. The summed E-state index contributed by atoms with van der Waals surface area (Å²) in [5, 5.41) is 18.5. The van der Waals surface area contributed by atoms with Gasteiger partial charge in [-0.3, -0.25) is 0 Å². The van der Waals surface area contributed by atoms with Crippen molar-refractivity contribution in [2.45, 2.75) is 6.61 Å². The van der Waals surface area contributed by atoms with Crippen LogP contribution >= 0.6 is 11.6 Å². The van der Waals surface area contributed by atoms with Gasteiger partial charge in [0, 0.05) is 5.56 Å². The van der Waals surface area contributed by atoms with E-state index in [0.717, 1.165) is 0 Å². The van der Waals surface area contributed by atoms with Gasteiger partial charge in [-0.05, 0) is 12.1 Å². The minimum atomic E-state index is -0.304. The first-order valence-electron chi connectivity index (χ1n) is 3.36. The number of halogens is 1. The third-order valence-electron chi connectivity index (χ3n) is 1.57. The lowest BCUT2D eigenvalue weighted by molar-refractivity contribution is 0.272. The Hall–Kier alpha value is -0.930. The van der Waals surface area contributed by atoms with Crippen molar-refractivity contribution < 1.29 is 14.9 Å². The summed E-state index contributed by atoms with van der Waals surface area (Å²) < 4.78 is 4.82. The van der Waals surface area contributed by atoms with Crippen molar-refractivity contribution in [1.29, 1.82) is 0 Å². The summed E-state index contributed by atoms with van der Waals surface area (Å²) in [6.45, 7) is -0.304. The molecule has 2 N–H and O–H groups in total. The second-order valence-corrected chi connectivity index (χ2v) is 2.64. The molecule has 0 saturated carbocycles. The van der Waals surface area contributed by atoms with Crippen LogP contribution in [0.3, 0.4) is 0 Å². The van der Waals surface area contributed by atoms with Crippen LogP contribution in [0.5, 0.6) is 11.5 Å². The monoisotopic (exact) mass is 188 g/mol. The van der Waals surface area contributed by atoms with Gasteiger partial charge in [-0.15, -0.1) is 0 Å². The average Bonchev–Trinajstić information content (AvgIpc) is 2.06. The predicted molar refractivity (Wildman–Crippen MR) is 45.6 cm³/mol. The van der Waals surface area contributed by atoms with Crippen molar-refractivity contribution in [2.24, 2.45) is 0 Å². The molecule has 0 spiro atoms. The zero-order valence-electron chi connectivity index (χ0n) is 6.54. The van der Waals surface area contributed by atoms with E-state index < -0.39 is 0 Å². The molecule has 0 radical (unpaired) electrons. The van der Waals surface area contributed by atoms with E-state index in [-0.39, 0.29) is 17.9 Å². The zero-order chi connectivity index (χ0) is 9.14. The van der Waals surface area contributed by atoms with Crippen LogP contribution in [0.1, 0.15) is 5.56 Å². The first-order chi connectivity index (χ1) is 5.70. The van der Waals surface area contributed by atoms with Crippen LogP contribution in [0, 0.1) is 0 Å². The summed E-state index contributed by atoms with van der Waals surface area (Å²) in [4.78, 5) is 0. The lowest BCUT2D eigenvalue weighted by atomic mass is 10.2. The maximum atomic E-state index is 9.40. The maximum absolute atomic E-state index is 9.40. The molecule has 0 fully saturated rings. The highest BCUT2D eigenvalue weighted by molar-refractivity contribution is 6.31. The summed E-state index contributed by atoms with van der Waals surface area (Å²) in [5.41, 5.74) is 0.288. The fraction of sp³-hybridized carbons (Fsp3) is 0.250. The van der Waals surface area contributed by atoms with E-state index in [1.807, 2.05) is 0 Å². The van der Waals surface area contributed by atoms with Crippen LogP contribution in [-0.4, -0.2) is 17.3 Å². The molecule has 0 amide bonds. The van der Waals surface area contributed by atoms with E-state index in [1.54, 1.807) is 6.07 Å². The van der Waals surface area contributed by atoms with Crippen molar-refractivity contribution in [2.75, 3.05) is 7.11 Å². The zero-order valence-corrected chi connectivity index (χ0v) is 7.30. The van der Waals surface area contributed by atoms with E-state index in [1.165, 1.54) is 13.2 Å². The molecule has 1 rings (SSSR count). The molecule has 1 aromatic rings. The van der Waals surface area contributed by atoms with Gasteiger partial charge in [-0.1, -0.05) is 11.6 Å². The van der Waals surface area contributed by atoms with Crippen LogP contribution in [0.25, 0.3) is 0 Å². The van der Waals surface area contributed by atoms with Gasteiger partial charge < -0.3 is 14.9 Å². The minimum Gasteiger partial charge on any atom is -0.504 e. The molecule has 0 aliphatic rings. The Balaban J connectivity index is 3.24. The molecular formula is C8H9ClO3. The topological polar surface area (TPSA) is 49.7 Å². The van der Waals surface area contributed by atoms with Gasteiger partial charge in [0.05, 0.1) is 18.7 Å². The molecule has 12 heavy (non-hydrogen) atoms. The molecule has 3 nitrogen and oxygen atoms in total. The Bertz CT molecular complexity index is 286. The first-order valence-corrected chi connectivity index (χ1v) is 3.73. The molecular weight excluding hydrogens is 180 g/mol. The third-order valence-corrected chi connectivity index (χ3v) is 1.92. The van der Waals surface area contributed by atoms with Gasteiger partial charge in [0.15, 0.2) is 11.5 Å². The van der Waals surface area contributed by atoms with Gasteiger partial charge in [0.2, 0.25) is 0 Å². The Morgan fingerprint density at radius 2 is 2.17 bits per heavy atom. The van der Waals surface area contributed by atoms with E-state index in [2.05, 4.69) is 0 Å². The fourth-order valence-corrected chi connectivity index (χ4v) is 1.12. The smallest absolute Gasteiger partial charge is 0.164 e. The highest BCUT2D eigenvalue weighted by Gasteiger charge is 2.10. The Labute approximate surface area is 75.2 Å². The Morgan fingerprint density at radius 1 is 1.50 bits per heavy atom. The Kier molecular flexibility index (Phi) is 2.78.